The van der Waals surface area contributed by atoms with Gasteiger partial charge in [-0.05, 0) is 26.0 Å². The fourth-order valence-electron chi connectivity index (χ4n) is 3.27. The van der Waals surface area contributed by atoms with Crippen LogP contribution in [-0.4, -0.2) is 70.5 Å². The number of para-hydroxylation sites is 1. The van der Waals surface area contributed by atoms with Crippen LogP contribution in [0.25, 0.3) is 11.4 Å². The molecule has 0 spiro atoms. The summed E-state index contributed by atoms with van der Waals surface area (Å²) in [4.78, 5) is 9.15. The quantitative estimate of drug-likeness (QED) is 0.852. The highest BCUT2D eigenvalue weighted by Crippen LogP contribution is 2.27. The first kappa shape index (κ1) is 17.8. The predicted molar refractivity (Wildman–Crippen MR) is 94.3 cm³/mol. The second-order valence-corrected chi connectivity index (χ2v) is 6.64. The Morgan fingerprint density at radius 3 is 2.88 bits per heavy atom. The number of β-amino-alcohol motifs (C(OH)–C–C–N with tert-alkyl or cyclic N) is 1. The van der Waals surface area contributed by atoms with Crippen molar-refractivity contribution in [3.8, 4) is 17.1 Å². The normalized spacial score (nSPS) is 20.6. The van der Waals surface area contributed by atoms with Crippen molar-refractivity contribution in [2.45, 2.75) is 32.5 Å². The van der Waals surface area contributed by atoms with E-state index in [1.54, 1.807) is 7.11 Å². The molecule has 1 aromatic heterocycles. The summed E-state index contributed by atoms with van der Waals surface area (Å²) in [5.74, 6) is 1.89. The number of aliphatic hydroxyl groups excluding tert-OH is 1. The molecular weight excluding hydrogens is 320 g/mol. The molecule has 0 aliphatic carbocycles. The van der Waals surface area contributed by atoms with Gasteiger partial charge in [0.2, 0.25) is 11.7 Å². The zero-order valence-corrected chi connectivity index (χ0v) is 15.1. The Bertz CT molecular complexity index is 688. The molecule has 0 unspecified atom stereocenters. The highest BCUT2D eigenvalue weighted by atomic mass is 16.5. The van der Waals surface area contributed by atoms with Crippen molar-refractivity contribution in [1.29, 1.82) is 0 Å². The van der Waals surface area contributed by atoms with Crippen LogP contribution in [0.3, 0.4) is 0 Å². The van der Waals surface area contributed by atoms with Gasteiger partial charge < -0.3 is 14.4 Å². The van der Waals surface area contributed by atoms with E-state index in [4.69, 9.17) is 9.26 Å². The van der Waals surface area contributed by atoms with E-state index < -0.39 is 0 Å². The van der Waals surface area contributed by atoms with E-state index in [1.165, 1.54) is 0 Å². The molecule has 1 saturated heterocycles. The summed E-state index contributed by atoms with van der Waals surface area (Å²) >= 11 is 0. The second-order valence-electron chi connectivity index (χ2n) is 6.64. The van der Waals surface area contributed by atoms with Crippen molar-refractivity contribution in [2.24, 2.45) is 0 Å². The Hall–Kier alpha value is -1.96. The lowest BCUT2D eigenvalue weighted by atomic mass is 10.1. The van der Waals surface area contributed by atoms with Crippen molar-refractivity contribution in [2.75, 3.05) is 33.3 Å². The molecule has 7 nitrogen and oxygen atoms in total. The van der Waals surface area contributed by atoms with E-state index >= 15 is 0 Å². The summed E-state index contributed by atoms with van der Waals surface area (Å²) < 4.78 is 10.8. The van der Waals surface area contributed by atoms with Gasteiger partial charge in [-0.1, -0.05) is 17.3 Å². The fraction of sp³-hybridized carbons (Fsp3) is 0.556. The Morgan fingerprint density at radius 1 is 1.36 bits per heavy atom. The minimum absolute atomic E-state index is 0.298. The first-order valence-electron chi connectivity index (χ1n) is 8.67. The number of rotatable bonds is 6. The molecule has 0 bridgehead atoms. The molecule has 2 atom stereocenters. The van der Waals surface area contributed by atoms with Gasteiger partial charge in [0.05, 0.1) is 25.3 Å². The Labute approximate surface area is 148 Å². The standard InChI is InChI=1S/C18H26N4O3/c1-13-10-21(8-9-22(13)11-14(2)23)12-17-19-18(20-25-17)15-6-4-5-7-16(15)24-3/h4-7,13-14,23H,8-12H2,1-3H3/t13-,14+/m1/s1. The van der Waals surface area contributed by atoms with E-state index in [2.05, 4.69) is 26.9 Å². The van der Waals surface area contributed by atoms with Crippen LogP contribution in [0.15, 0.2) is 28.8 Å². The summed E-state index contributed by atoms with van der Waals surface area (Å²) in [5, 5.41) is 13.7. The molecule has 1 aliphatic heterocycles. The Balaban J connectivity index is 1.63. The van der Waals surface area contributed by atoms with Crippen molar-refractivity contribution < 1.29 is 14.4 Å². The molecule has 7 heteroatoms. The first-order chi connectivity index (χ1) is 12.1. The van der Waals surface area contributed by atoms with Crippen molar-refractivity contribution >= 4 is 0 Å². The van der Waals surface area contributed by atoms with Gasteiger partial charge in [0, 0.05) is 32.2 Å². The maximum atomic E-state index is 9.58. The van der Waals surface area contributed by atoms with Crippen LogP contribution in [-0.2, 0) is 6.54 Å². The van der Waals surface area contributed by atoms with Gasteiger partial charge in [0.25, 0.3) is 0 Å². The average Bonchev–Trinajstić information content (AvgIpc) is 3.05. The monoisotopic (exact) mass is 346 g/mol. The van der Waals surface area contributed by atoms with Crippen LogP contribution in [0, 0.1) is 0 Å². The largest absolute Gasteiger partial charge is 0.496 e. The van der Waals surface area contributed by atoms with Gasteiger partial charge in [-0.15, -0.1) is 0 Å². The minimum atomic E-state index is -0.298. The van der Waals surface area contributed by atoms with Gasteiger partial charge in [-0.2, -0.15) is 4.98 Å². The Morgan fingerprint density at radius 2 is 2.16 bits per heavy atom. The Kier molecular flexibility index (Phi) is 5.67. The van der Waals surface area contributed by atoms with E-state index in [-0.39, 0.29) is 6.10 Å². The maximum absolute atomic E-state index is 9.58. The number of methoxy groups -OCH3 is 1. The van der Waals surface area contributed by atoms with Crippen LogP contribution < -0.4 is 4.74 Å². The molecule has 1 fully saturated rings. The molecule has 1 N–H and O–H groups in total. The van der Waals surface area contributed by atoms with Crippen LogP contribution in [0.2, 0.25) is 0 Å². The number of nitrogens with zero attached hydrogens (tertiary/aromatic N) is 4. The lowest BCUT2D eigenvalue weighted by Crippen LogP contribution is -2.53. The van der Waals surface area contributed by atoms with Crippen molar-refractivity contribution in [3.05, 3.63) is 30.2 Å². The zero-order valence-electron chi connectivity index (χ0n) is 15.1. The highest BCUT2D eigenvalue weighted by Gasteiger charge is 2.25. The molecular formula is C18H26N4O3. The topological polar surface area (TPSA) is 74.9 Å². The number of ether oxygens (including phenoxy) is 1. The van der Waals surface area contributed by atoms with Crippen molar-refractivity contribution in [1.82, 2.24) is 19.9 Å². The third-order valence-electron chi connectivity index (χ3n) is 4.52. The number of aromatic nitrogens is 2. The molecule has 25 heavy (non-hydrogen) atoms. The summed E-state index contributed by atoms with van der Waals surface area (Å²) in [7, 11) is 1.63. The molecule has 3 rings (SSSR count). The fourth-order valence-corrected chi connectivity index (χ4v) is 3.27. The predicted octanol–water partition coefficient (Wildman–Crippen LogP) is 1.63. The van der Waals surface area contributed by atoms with E-state index in [9.17, 15) is 5.11 Å². The van der Waals surface area contributed by atoms with Gasteiger partial charge in [0.15, 0.2) is 0 Å². The molecule has 0 saturated carbocycles. The third-order valence-corrected chi connectivity index (χ3v) is 4.52. The van der Waals surface area contributed by atoms with Crippen LogP contribution >= 0.6 is 0 Å². The molecule has 136 valence electrons. The van der Waals surface area contributed by atoms with E-state index in [1.807, 2.05) is 31.2 Å². The number of hydrogen-bond donors (Lipinski definition) is 1. The molecule has 0 amide bonds. The first-order valence-corrected chi connectivity index (χ1v) is 8.67. The molecule has 1 aliphatic rings. The zero-order chi connectivity index (χ0) is 17.8. The highest BCUT2D eigenvalue weighted by molar-refractivity contribution is 5.63. The van der Waals surface area contributed by atoms with Crippen molar-refractivity contribution in [3.63, 3.8) is 0 Å². The molecule has 2 aromatic rings. The second kappa shape index (κ2) is 7.95. The minimum Gasteiger partial charge on any atom is -0.496 e. The summed E-state index contributed by atoms with van der Waals surface area (Å²) in [6.45, 7) is 8.13. The van der Waals surface area contributed by atoms with Crippen LogP contribution in [0.5, 0.6) is 5.75 Å². The lowest BCUT2D eigenvalue weighted by molar-refractivity contribution is 0.0385. The number of aliphatic hydroxyl groups is 1. The number of piperazine rings is 1. The lowest BCUT2D eigenvalue weighted by Gasteiger charge is -2.39. The molecule has 0 radical (unpaired) electrons. The summed E-state index contributed by atoms with van der Waals surface area (Å²) in [6, 6.07) is 8.03. The average molecular weight is 346 g/mol. The van der Waals surface area contributed by atoms with E-state index in [0.717, 1.165) is 30.9 Å². The molecule has 2 heterocycles. The van der Waals surface area contributed by atoms with Crippen LogP contribution in [0.4, 0.5) is 0 Å². The van der Waals surface area contributed by atoms with Crippen LogP contribution in [0.1, 0.15) is 19.7 Å². The number of hydrogen-bond acceptors (Lipinski definition) is 7. The third kappa shape index (κ3) is 4.36. The SMILES string of the molecule is COc1ccccc1-c1noc(CN2CCN(C[C@H](C)O)[C@H](C)C2)n1. The van der Waals surface area contributed by atoms with Gasteiger partial charge in [-0.25, -0.2) is 0 Å². The van der Waals surface area contributed by atoms with Gasteiger partial charge in [0.1, 0.15) is 5.75 Å². The summed E-state index contributed by atoms with van der Waals surface area (Å²) in [6.07, 6.45) is -0.298. The summed E-state index contributed by atoms with van der Waals surface area (Å²) in [5.41, 5.74) is 0.829. The van der Waals surface area contributed by atoms with Gasteiger partial charge >= 0.3 is 0 Å². The number of benzene rings is 1. The maximum Gasteiger partial charge on any atom is 0.241 e. The van der Waals surface area contributed by atoms with E-state index in [0.29, 0.717) is 30.8 Å². The van der Waals surface area contributed by atoms with Gasteiger partial charge in [-0.3, -0.25) is 9.80 Å². The smallest absolute Gasteiger partial charge is 0.241 e. The molecule has 1 aromatic carbocycles.